The average molecular weight is 390 g/mol. The van der Waals surface area contributed by atoms with Crippen LogP contribution in [0.5, 0.6) is 0 Å². The largest absolute Gasteiger partial charge is 0.339 e. The Labute approximate surface area is 143 Å². The Kier molecular flexibility index (Phi) is 4.74. The first kappa shape index (κ1) is 17.0. The summed E-state index contributed by atoms with van der Waals surface area (Å²) in [6.45, 7) is 1.76. The third kappa shape index (κ3) is 3.21. The van der Waals surface area contributed by atoms with Gasteiger partial charge in [0.1, 0.15) is 22.7 Å². The summed E-state index contributed by atoms with van der Waals surface area (Å²) >= 11 is 3.24. The van der Waals surface area contributed by atoms with E-state index in [0.717, 1.165) is 4.47 Å². The number of allylic oxidation sites excluding steroid dienone is 1. The van der Waals surface area contributed by atoms with Gasteiger partial charge in [-0.25, -0.2) is 8.42 Å². The number of nitriles is 2. The molecular formula is C16H12BrN3O2S. The zero-order valence-electron chi connectivity index (χ0n) is 12.4. The fourth-order valence-corrected chi connectivity index (χ4v) is 3.44. The molecule has 116 valence electrons. The minimum absolute atomic E-state index is 0.0441. The zero-order chi connectivity index (χ0) is 17.2. The van der Waals surface area contributed by atoms with Crippen LogP contribution in [-0.4, -0.2) is 13.0 Å². The number of sulfone groups is 1. The first-order valence-corrected chi connectivity index (χ1v) is 8.77. The Morgan fingerprint density at radius 2 is 1.87 bits per heavy atom. The van der Waals surface area contributed by atoms with Gasteiger partial charge in [0.05, 0.1) is 4.90 Å². The van der Waals surface area contributed by atoms with E-state index >= 15 is 0 Å². The Morgan fingerprint density at radius 3 is 2.35 bits per heavy atom. The Balaban J connectivity index is 2.58. The molecule has 0 aliphatic heterocycles. The third-order valence-electron chi connectivity index (χ3n) is 3.50. The van der Waals surface area contributed by atoms with E-state index in [2.05, 4.69) is 15.9 Å². The van der Waals surface area contributed by atoms with Crippen molar-refractivity contribution in [3.63, 3.8) is 0 Å². The molecule has 0 N–H and O–H groups in total. The van der Waals surface area contributed by atoms with Crippen LogP contribution in [0, 0.1) is 29.6 Å². The lowest BCUT2D eigenvalue weighted by Gasteiger charge is -2.03. The van der Waals surface area contributed by atoms with E-state index in [1.54, 1.807) is 42.8 Å². The van der Waals surface area contributed by atoms with Crippen molar-refractivity contribution in [3.8, 4) is 12.1 Å². The molecule has 2 rings (SSSR count). The molecule has 0 atom stereocenters. The number of hydrogen-bond donors (Lipinski definition) is 0. The lowest BCUT2D eigenvalue weighted by Crippen LogP contribution is -2.03. The summed E-state index contributed by atoms with van der Waals surface area (Å²) in [6.07, 6.45) is 1.30. The summed E-state index contributed by atoms with van der Waals surface area (Å²) < 4.78 is 27.5. The van der Waals surface area contributed by atoms with E-state index < -0.39 is 9.84 Å². The second-order valence-corrected chi connectivity index (χ2v) is 7.65. The number of hydrogen-bond acceptors (Lipinski definition) is 4. The molecule has 5 nitrogen and oxygen atoms in total. The van der Waals surface area contributed by atoms with Crippen LogP contribution < -0.4 is 0 Å². The van der Waals surface area contributed by atoms with Gasteiger partial charge in [-0.15, -0.1) is 0 Å². The van der Waals surface area contributed by atoms with Gasteiger partial charge in [0.25, 0.3) is 0 Å². The van der Waals surface area contributed by atoms with Crippen molar-refractivity contribution in [3.05, 3.63) is 56.7 Å². The molecular weight excluding hydrogens is 378 g/mol. The Bertz CT molecular complexity index is 972. The summed E-state index contributed by atoms with van der Waals surface area (Å²) in [5.74, 6) is 0. The highest BCUT2D eigenvalue weighted by Gasteiger charge is 2.21. The van der Waals surface area contributed by atoms with Crippen LogP contribution >= 0.6 is 15.9 Å². The lowest BCUT2D eigenvalue weighted by molar-refractivity contribution is 0.603. The van der Waals surface area contributed by atoms with Crippen molar-refractivity contribution in [2.45, 2.75) is 11.8 Å². The summed E-state index contributed by atoms with van der Waals surface area (Å²) in [6, 6.07) is 11.4. The fraction of sp³-hybridized carbons (Fsp3) is 0.125. The molecule has 0 radical (unpaired) electrons. The van der Waals surface area contributed by atoms with Crippen LogP contribution in [0.4, 0.5) is 0 Å². The molecule has 0 aliphatic rings. The summed E-state index contributed by atoms with van der Waals surface area (Å²) in [5, 5.41) is 18.3. The van der Waals surface area contributed by atoms with Crippen molar-refractivity contribution in [1.82, 2.24) is 4.57 Å². The maximum absolute atomic E-state index is 12.6. The van der Waals surface area contributed by atoms with Gasteiger partial charge in [0, 0.05) is 17.2 Å². The van der Waals surface area contributed by atoms with Gasteiger partial charge in [-0.3, -0.25) is 0 Å². The van der Waals surface area contributed by atoms with Crippen LogP contribution in [0.25, 0.3) is 6.08 Å². The van der Waals surface area contributed by atoms with Gasteiger partial charge in [-0.05, 0) is 48.9 Å². The Hall–Kier alpha value is -2.35. The fourth-order valence-electron chi connectivity index (χ4n) is 2.03. The van der Waals surface area contributed by atoms with Gasteiger partial charge >= 0.3 is 0 Å². The SMILES string of the molecule is Cc1c(/C=C(\C#N)S(=O)(=O)c2ccc(Br)cc2)cc(C#N)n1C. The van der Waals surface area contributed by atoms with Crippen LogP contribution in [0.15, 0.2) is 44.6 Å². The number of nitrogens with zero attached hydrogens (tertiary/aromatic N) is 3. The van der Waals surface area contributed by atoms with Crippen LogP contribution in [0.1, 0.15) is 17.0 Å². The molecule has 0 bridgehead atoms. The molecule has 7 heteroatoms. The smallest absolute Gasteiger partial charge is 0.216 e. The van der Waals surface area contributed by atoms with Crippen LogP contribution in [-0.2, 0) is 16.9 Å². The number of rotatable bonds is 3. The molecule has 1 aromatic carbocycles. The predicted molar refractivity (Wildman–Crippen MR) is 89.8 cm³/mol. The second-order valence-electron chi connectivity index (χ2n) is 4.82. The first-order chi connectivity index (χ1) is 10.8. The van der Waals surface area contributed by atoms with E-state index in [9.17, 15) is 13.7 Å². The summed E-state index contributed by atoms with van der Waals surface area (Å²) in [4.78, 5) is -0.319. The van der Waals surface area contributed by atoms with E-state index in [1.807, 2.05) is 6.07 Å². The topological polar surface area (TPSA) is 86.7 Å². The van der Waals surface area contributed by atoms with Crippen molar-refractivity contribution < 1.29 is 8.42 Å². The average Bonchev–Trinajstić information content (AvgIpc) is 2.80. The maximum atomic E-state index is 12.6. The maximum Gasteiger partial charge on any atom is 0.216 e. The van der Waals surface area contributed by atoms with E-state index in [1.165, 1.54) is 18.2 Å². The number of halogens is 1. The quantitative estimate of drug-likeness (QED) is 0.753. The molecule has 0 unspecified atom stereocenters. The molecule has 0 saturated carbocycles. The molecule has 1 aromatic heterocycles. The van der Waals surface area contributed by atoms with Crippen molar-refractivity contribution in [2.75, 3.05) is 0 Å². The minimum atomic E-state index is -3.91. The van der Waals surface area contributed by atoms with Gasteiger partial charge in [-0.2, -0.15) is 10.5 Å². The van der Waals surface area contributed by atoms with Crippen LogP contribution in [0.2, 0.25) is 0 Å². The normalized spacial score (nSPS) is 11.8. The second kappa shape index (κ2) is 6.41. The third-order valence-corrected chi connectivity index (χ3v) is 5.71. The molecule has 23 heavy (non-hydrogen) atoms. The van der Waals surface area contributed by atoms with E-state index in [-0.39, 0.29) is 9.80 Å². The lowest BCUT2D eigenvalue weighted by atomic mass is 10.2. The molecule has 2 aromatic rings. The van der Waals surface area contributed by atoms with Crippen molar-refractivity contribution in [1.29, 1.82) is 10.5 Å². The number of aromatic nitrogens is 1. The highest BCUT2D eigenvalue weighted by atomic mass is 79.9. The highest BCUT2D eigenvalue weighted by Crippen LogP contribution is 2.24. The highest BCUT2D eigenvalue weighted by molar-refractivity contribution is 9.10. The summed E-state index contributed by atoms with van der Waals surface area (Å²) in [7, 11) is -2.20. The monoisotopic (exact) mass is 389 g/mol. The molecule has 0 fully saturated rings. The molecule has 1 heterocycles. The van der Waals surface area contributed by atoms with Gasteiger partial charge in [0.15, 0.2) is 0 Å². The van der Waals surface area contributed by atoms with E-state index in [4.69, 9.17) is 5.26 Å². The van der Waals surface area contributed by atoms with Crippen LogP contribution in [0.3, 0.4) is 0 Å². The van der Waals surface area contributed by atoms with Gasteiger partial charge < -0.3 is 4.57 Å². The minimum Gasteiger partial charge on any atom is -0.339 e. The van der Waals surface area contributed by atoms with Gasteiger partial charge in [0.2, 0.25) is 9.84 Å². The van der Waals surface area contributed by atoms with Gasteiger partial charge in [-0.1, -0.05) is 15.9 Å². The predicted octanol–water partition coefficient (Wildman–Crippen LogP) is 3.31. The summed E-state index contributed by atoms with van der Waals surface area (Å²) in [5.41, 5.74) is 1.63. The molecule has 0 amide bonds. The molecule has 0 spiro atoms. The molecule has 0 aliphatic carbocycles. The molecule has 0 saturated heterocycles. The van der Waals surface area contributed by atoms with Crippen molar-refractivity contribution in [2.24, 2.45) is 7.05 Å². The zero-order valence-corrected chi connectivity index (χ0v) is 14.8. The Morgan fingerprint density at radius 1 is 1.26 bits per heavy atom. The van der Waals surface area contributed by atoms with E-state index in [0.29, 0.717) is 17.0 Å². The number of benzene rings is 1. The van der Waals surface area contributed by atoms with Crippen molar-refractivity contribution >= 4 is 31.8 Å². The standard InChI is InChI=1S/C16H12BrN3O2S/c1-11-12(7-14(9-18)20(11)2)8-16(10-19)23(21,22)15-5-3-13(17)4-6-15/h3-8H,1-2H3/b16-8+. The first-order valence-electron chi connectivity index (χ1n) is 6.50.